The summed E-state index contributed by atoms with van der Waals surface area (Å²) in [4.78, 5) is 4.31. The SMILES string of the molecule is CN=C(NCC(C)Oc1ccccc1Br)NC1CC2CCC1O2.I. The fraction of sp³-hybridized carbons (Fsp3) is 0.588. The molecule has 0 aromatic heterocycles. The molecule has 2 aliphatic heterocycles. The molecule has 2 aliphatic rings. The molecule has 0 radical (unpaired) electrons. The van der Waals surface area contributed by atoms with Crippen molar-refractivity contribution in [1.29, 1.82) is 0 Å². The normalized spacial score (nSPS) is 26.6. The monoisotopic (exact) mass is 509 g/mol. The summed E-state index contributed by atoms with van der Waals surface area (Å²) < 4.78 is 12.8. The number of ether oxygens (including phenoxy) is 2. The van der Waals surface area contributed by atoms with Crippen molar-refractivity contribution in [3.8, 4) is 5.75 Å². The van der Waals surface area contributed by atoms with Gasteiger partial charge in [0.1, 0.15) is 11.9 Å². The number of halogens is 2. The summed E-state index contributed by atoms with van der Waals surface area (Å²) in [5.74, 6) is 1.67. The molecule has 2 bridgehead atoms. The Morgan fingerprint density at radius 1 is 1.42 bits per heavy atom. The van der Waals surface area contributed by atoms with Crippen molar-refractivity contribution in [2.75, 3.05) is 13.6 Å². The number of nitrogens with zero attached hydrogens (tertiary/aromatic N) is 1. The minimum Gasteiger partial charge on any atom is -0.488 e. The molecule has 24 heavy (non-hydrogen) atoms. The highest BCUT2D eigenvalue weighted by Crippen LogP contribution is 2.34. The highest BCUT2D eigenvalue weighted by Gasteiger charge is 2.41. The number of rotatable bonds is 5. The number of aliphatic imine (C=N–C) groups is 1. The average Bonchev–Trinajstić information content (AvgIpc) is 3.16. The van der Waals surface area contributed by atoms with Gasteiger partial charge in [-0.25, -0.2) is 0 Å². The summed E-state index contributed by atoms with van der Waals surface area (Å²) in [6, 6.07) is 8.25. The van der Waals surface area contributed by atoms with Crippen LogP contribution >= 0.6 is 39.9 Å². The van der Waals surface area contributed by atoms with Crippen LogP contribution in [0.25, 0.3) is 0 Å². The van der Waals surface area contributed by atoms with E-state index < -0.39 is 0 Å². The van der Waals surface area contributed by atoms with Crippen LogP contribution in [0.15, 0.2) is 33.7 Å². The maximum Gasteiger partial charge on any atom is 0.191 e. The third kappa shape index (κ3) is 4.98. The molecule has 0 aliphatic carbocycles. The Morgan fingerprint density at radius 2 is 2.21 bits per heavy atom. The lowest BCUT2D eigenvalue weighted by atomic mass is 9.96. The van der Waals surface area contributed by atoms with Crippen LogP contribution in [0.5, 0.6) is 5.75 Å². The fourth-order valence-electron chi connectivity index (χ4n) is 3.20. The molecule has 5 nitrogen and oxygen atoms in total. The molecule has 0 spiro atoms. The zero-order chi connectivity index (χ0) is 16.2. The maximum atomic E-state index is 5.94. The van der Waals surface area contributed by atoms with Gasteiger partial charge in [-0.15, -0.1) is 24.0 Å². The smallest absolute Gasteiger partial charge is 0.191 e. The van der Waals surface area contributed by atoms with E-state index in [1.165, 1.54) is 6.42 Å². The van der Waals surface area contributed by atoms with Gasteiger partial charge in [0, 0.05) is 7.05 Å². The van der Waals surface area contributed by atoms with E-state index in [2.05, 4.69) is 31.6 Å². The Labute approximate surface area is 169 Å². The molecule has 0 amide bonds. The number of fused-ring (bicyclic) bond motifs is 2. The second-order valence-electron chi connectivity index (χ2n) is 6.17. The number of hydrogen-bond donors (Lipinski definition) is 2. The van der Waals surface area contributed by atoms with E-state index in [9.17, 15) is 0 Å². The van der Waals surface area contributed by atoms with Gasteiger partial charge in [-0.1, -0.05) is 12.1 Å². The van der Waals surface area contributed by atoms with Crippen LogP contribution in [0.3, 0.4) is 0 Å². The standard InChI is InChI=1S/C17H24BrN3O2.HI/c1-11(22-15-6-4-3-5-13(15)18)10-20-17(19-2)21-14-9-12-7-8-16(14)23-12;/h3-6,11-12,14,16H,7-10H2,1-2H3,(H2,19,20,21);1H. The van der Waals surface area contributed by atoms with Gasteiger partial charge in [0.25, 0.3) is 0 Å². The number of nitrogens with one attached hydrogen (secondary N) is 2. The largest absolute Gasteiger partial charge is 0.488 e. The summed E-state index contributed by atoms with van der Waals surface area (Å²) in [5, 5.41) is 6.82. The molecule has 7 heteroatoms. The first-order chi connectivity index (χ1) is 11.2. The highest BCUT2D eigenvalue weighted by atomic mass is 127. The number of benzene rings is 1. The first-order valence-corrected chi connectivity index (χ1v) is 8.99. The van der Waals surface area contributed by atoms with Crippen LogP contribution in [0, 0.1) is 0 Å². The molecule has 4 atom stereocenters. The third-order valence-corrected chi connectivity index (χ3v) is 5.03. The Morgan fingerprint density at radius 3 is 2.83 bits per heavy atom. The van der Waals surface area contributed by atoms with E-state index in [1.807, 2.05) is 31.2 Å². The molecular formula is C17H25BrIN3O2. The summed E-state index contributed by atoms with van der Waals surface area (Å²) >= 11 is 3.50. The molecule has 0 saturated carbocycles. The zero-order valence-electron chi connectivity index (χ0n) is 14.0. The Balaban J connectivity index is 0.00000208. The summed E-state index contributed by atoms with van der Waals surface area (Å²) in [7, 11) is 1.79. The average molecular weight is 510 g/mol. The Hall–Kier alpha value is -0.540. The molecule has 2 N–H and O–H groups in total. The van der Waals surface area contributed by atoms with E-state index in [0.717, 1.165) is 29.0 Å². The van der Waals surface area contributed by atoms with Gasteiger partial charge in [-0.05, 0) is 54.2 Å². The number of para-hydroxylation sites is 1. The van der Waals surface area contributed by atoms with Crippen molar-refractivity contribution < 1.29 is 9.47 Å². The topological polar surface area (TPSA) is 54.9 Å². The van der Waals surface area contributed by atoms with Crippen molar-refractivity contribution in [2.24, 2.45) is 4.99 Å². The first-order valence-electron chi connectivity index (χ1n) is 8.19. The van der Waals surface area contributed by atoms with Crippen LogP contribution in [0.4, 0.5) is 0 Å². The van der Waals surface area contributed by atoms with Crippen LogP contribution in [-0.4, -0.2) is 43.9 Å². The summed E-state index contributed by atoms with van der Waals surface area (Å²) in [6.45, 7) is 2.73. The van der Waals surface area contributed by atoms with Crippen molar-refractivity contribution in [1.82, 2.24) is 10.6 Å². The van der Waals surface area contributed by atoms with Gasteiger partial charge >= 0.3 is 0 Å². The summed E-state index contributed by atoms with van der Waals surface area (Å²) in [6.07, 6.45) is 4.24. The molecule has 2 heterocycles. The van der Waals surface area contributed by atoms with Crippen LogP contribution in [0.2, 0.25) is 0 Å². The first kappa shape index (κ1) is 19.8. The van der Waals surface area contributed by atoms with E-state index in [1.54, 1.807) is 7.05 Å². The lowest BCUT2D eigenvalue weighted by Crippen LogP contribution is -2.49. The predicted octanol–water partition coefficient (Wildman–Crippen LogP) is 3.32. The maximum absolute atomic E-state index is 5.94. The van der Waals surface area contributed by atoms with Gasteiger partial charge in [-0.3, -0.25) is 4.99 Å². The molecule has 2 saturated heterocycles. The van der Waals surface area contributed by atoms with E-state index in [4.69, 9.17) is 9.47 Å². The van der Waals surface area contributed by atoms with Crippen molar-refractivity contribution in [2.45, 2.75) is 50.5 Å². The molecular weight excluding hydrogens is 485 g/mol. The quantitative estimate of drug-likeness (QED) is 0.363. The highest BCUT2D eigenvalue weighted by molar-refractivity contribution is 14.0. The molecule has 1 aromatic carbocycles. The Bertz CT molecular complexity index is 573. The van der Waals surface area contributed by atoms with Gasteiger partial charge < -0.3 is 20.1 Å². The van der Waals surface area contributed by atoms with E-state index in [0.29, 0.717) is 24.8 Å². The van der Waals surface area contributed by atoms with Crippen LogP contribution in [0.1, 0.15) is 26.2 Å². The van der Waals surface area contributed by atoms with Crippen LogP contribution in [-0.2, 0) is 4.74 Å². The van der Waals surface area contributed by atoms with Gasteiger partial charge in [0.05, 0.1) is 29.3 Å². The van der Waals surface area contributed by atoms with Crippen molar-refractivity contribution in [3.63, 3.8) is 0 Å². The molecule has 3 rings (SSSR count). The molecule has 2 fully saturated rings. The van der Waals surface area contributed by atoms with E-state index in [-0.39, 0.29) is 30.1 Å². The number of guanidine groups is 1. The molecule has 1 aromatic rings. The second-order valence-corrected chi connectivity index (χ2v) is 7.03. The van der Waals surface area contributed by atoms with Gasteiger partial charge in [0.15, 0.2) is 5.96 Å². The number of hydrogen-bond acceptors (Lipinski definition) is 3. The third-order valence-electron chi connectivity index (χ3n) is 4.37. The van der Waals surface area contributed by atoms with Crippen molar-refractivity contribution in [3.05, 3.63) is 28.7 Å². The van der Waals surface area contributed by atoms with Crippen molar-refractivity contribution >= 4 is 45.9 Å². The van der Waals surface area contributed by atoms with Gasteiger partial charge in [0.2, 0.25) is 0 Å². The van der Waals surface area contributed by atoms with Crippen LogP contribution < -0.4 is 15.4 Å². The second kappa shape index (κ2) is 9.24. The lowest BCUT2D eigenvalue weighted by Gasteiger charge is -2.24. The minimum absolute atomic E-state index is 0. The molecule has 134 valence electrons. The summed E-state index contributed by atoms with van der Waals surface area (Å²) in [5.41, 5.74) is 0. The fourth-order valence-corrected chi connectivity index (χ4v) is 3.58. The minimum atomic E-state index is 0. The molecule has 4 unspecified atom stereocenters. The van der Waals surface area contributed by atoms with E-state index >= 15 is 0 Å². The van der Waals surface area contributed by atoms with Gasteiger partial charge in [-0.2, -0.15) is 0 Å². The predicted molar refractivity (Wildman–Crippen MR) is 110 cm³/mol. The lowest BCUT2D eigenvalue weighted by molar-refractivity contribution is 0.0992. The zero-order valence-corrected chi connectivity index (χ0v) is 17.9. The Kier molecular flexibility index (Phi) is 7.61.